The summed E-state index contributed by atoms with van der Waals surface area (Å²) in [6, 6.07) is -0.861. The van der Waals surface area contributed by atoms with E-state index in [4.69, 9.17) is 0 Å². The van der Waals surface area contributed by atoms with E-state index in [0.717, 1.165) is 25.7 Å². The Morgan fingerprint density at radius 2 is 1.87 bits per heavy atom. The lowest BCUT2D eigenvalue weighted by atomic mass is 9.96. The Hall–Kier alpha value is -2.02. The molecule has 1 aliphatic carbocycles. The molecule has 0 aliphatic heterocycles. The highest BCUT2D eigenvalue weighted by Gasteiger charge is 2.23. The van der Waals surface area contributed by atoms with Gasteiger partial charge in [-0.3, -0.25) is 14.6 Å². The van der Waals surface area contributed by atoms with Gasteiger partial charge in [-0.2, -0.15) is 0 Å². The van der Waals surface area contributed by atoms with Crippen molar-refractivity contribution in [2.45, 2.75) is 57.0 Å². The molecule has 1 saturated carbocycles. The van der Waals surface area contributed by atoms with E-state index in [9.17, 15) is 14.7 Å². The molecular formula is C16H24N4O3. The van der Waals surface area contributed by atoms with Crippen LogP contribution in [0.25, 0.3) is 0 Å². The van der Waals surface area contributed by atoms with Crippen LogP contribution in [0.15, 0.2) is 18.6 Å². The first kappa shape index (κ1) is 17.3. The summed E-state index contributed by atoms with van der Waals surface area (Å²) < 4.78 is 0. The van der Waals surface area contributed by atoms with Crippen LogP contribution in [-0.4, -0.2) is 45.6 Å². The van der Waals surface area contributed by atoms with E-state index in [1.807, 2.05) is 0 Å². The first-order valence-corrected chi connectivity index (χ1v) is 8.19. The van der Waals surface area contributed by atoms with Crippen molar-refractivity contribution in [3.63, 3.8) is 0 Å². The molecule has 0 spiro atoms. The SMILES string of the molecule is O=C(N[C@@H](CO)C(=O)NC1CCCCCCC1)c1cnccn1. The van der Waals surface area contributed by atoms with E-state index < -0.39 is 18.6 Å². The molecule has 126 valence electrons. The van der Waals surface area contributed by atoms with Gasteiger partial charge in [0.1, 0.15) is 11.7 Å². The molecule has 1 atom stereocenters. The fraction of sp³-hybridized carbons (Fsp3) is 0.625. The number of aromatic nitrogens is 2. The molecule has 23 heavy (non-hydrogen) atoms. The van der Waals surface area contributed by atoms with Gasteiger partial charge in [-0.15, -0.1) is 0 Å². The molecule has 0 aromatic carbocycles. The number of carbonyl (C=O) groups excluding carboxylic acids is 2. The Balaban J connectivity index is 1.88. The van der Waals surface area contributed by atoms with Gasteiger partial charge in [0, 0.05) is 18.4 Å². The minimum absolute atomic E-state index is 0.115. The second kappa shape index (κ2) is 9.19. The van der Waals surface area contributed by atoms with Crippen LogP contribution in [0.3, 0.4) is 0 Å². The number of nitrogens with one attached hydrogen (secondary N) is 2. The van der Waals surface area contributed by atoms with Crippen LogP contribution in [0.1, 0.15) is 55.4 Å². The normalized spacial score (nSPS) is 17.6. The molecule has 2 rings (SSSR count). The summed E-state index contributed by atoms with van der Waals surface area (Å²) >= 11 is 0. The third-order valence-electron chi connectivity index (χ3n) is 4.05. The minimum atomic E-state index is -0.977. The molecule has 0 unspecified atom stereocenters. The summed E-state index contributed by atoms with van der Waals surface area (Å²) in [6.45, 7) is -0.454. The standard InChI is InChI=1S/C16H24N4O3/c21-11-14(20-15(22)13-10-17-8-9-18-13)16(23)19-12-6-4-2-1-3-5-7-12/h8-10,12,14,21H,1-7,11H2,(H,19,23)(H,20,22)/t14-/m0/s1. The monoisotopic (exact) mass is 320 g/mol. The van der Waals surface area contributed by atoms with E-state index in [1.54, 1.807) is 0 Å². The van der Waals surface area contributed by atoms with Gasteiger partial charge >= 0.3 is 0 Å². The molecule has 1 fully saturated rings. The summed E-state index contributed by atoms with van der Waals surface area (Å²) in [5.74, 6) is -0.875. The lowest BCUT2D eigenvalue weighted by Crippen LogP contribution is -2.51. The summed E-state index contributed by atoms with van der Waals surface area (Å²) in [7, 11) is 0. The zero-order chi connectivity index (χ0) is 16.5. The van der Waals surface area contributed by atoms with E-state index in [2.05, 4.69) is 20.6 Å². The van der Waals surface area contributed by atoms with Gasteiger partial charge in [0.15, 0.2) is 0 Å². The largest absolute Gasteiger partial charge is 0.394 e. The average Bonchev–Trinajstić information content (AvgIpc) is 2.55. The van der Waals surface area contributed by atoms with Crippen molar-refractivity contribution >= 4 is 11.8 Å². The molecule has 0 radical (unpaired) electrons. The summed E-state index contributed by atoms with van der Waals surface area (Å²) in [5.41, 5.74) is 0.115. The van der Waals surface area contributed by atoms with Crippen LogP contribution in [0, 0.1) is 0 Å². The fourth-order valence-electron chi connectivity index (χ4n) is 2.74. The zero-order valence-corrected chi connectivity index (χ0v) is 13.2. The summed E-state index contributed by atoms with van der Waals surface area (Å²) in [4.78, 5) is 32.0. The van der Waals surface area contributed by atoms with E-state index in [1.165, 1.54) is 37.9 Å². The summed E-state index contributed by atoms with van der Waals surface area (Å²) in [6.07, 6.45) is 11.9. The van der Waals surface area contributed by atoms with E-state index in [-0.39, 0.29) is 17.6 Å². The number of hydrogen-bond donors (Lipinski definition) is 3. The Labute approximate surface area is 135 Å². The highest BCUT2D eigenvalue weighted by Crippen LogP contribution is 2.17. The van der Waals surface area contributed by atoms with Gasteiger partial charge in [-0.05, 0) is 12.8 Å². The quantitative estimate of drug-likeness (QED) is 0.744. The Morgan fingerprint density at radius 1 is 1.17 bits per heavy atom. The number of carbonyl (C=O) groups is 2. The van der Waals surface area contributed by atoms with Gasteiger partial charge in [-0.25, -0.2) is 4.98 Å². The average molecular weight is 320 g/mol. The number of aliphatic hydroxyl groups excluding tert-OH is 1. The molecule has 1 heterocycles. The first-order valence-electron chi connectivity index (χ1n) is 8.19. The van der Waals surface area contributed by atoms with Gasteiger partial charge in [0.2, 0.25) is 5.91 Å². The number of hydrogen-bond acceptors (Lipinski definition) is 5. The van der Waals surface area contributed by atoms with Crippen LogP contribution in [0.2, 0.25) is 0 Å². The zero-order valence-electron chi connectivity index (χ0n) is 13.2. The van der Waals surface area contributed by atoms with Crippen molar-refractivity contribution in [1.82, 2.24) is 20.6 Å². The topological polar surface area (TPSA) is 104 Å². The van der Waals surface area contributed by atoms with Gasteiger partial charge in [-0.1, -0.05) is 32.1 Å². The number of aliphatic hydroxyl groups is 1. The third-order valence-corrected chi connectivity index (χ3v) is 4.05. The second-order valence-electron chi connectivity index (χ2n) is 5.85. The first-order chi connectivity index (χ1) is 11.2. The molecule has 7 nitrogen and oxygen atoms in total. The van der Waals surface area contributed by atoms with Crippen molar-refractivity contribution in [2.75, 3.05) is 6.61 Å². The molecule has 0 bridgehead atoms. The Kier molecular flexibility index (Phi) is 6.93. The maximum absolute atomic E-state index is 12.3. The van der Waals surface area contributed by atoms with E-state index >= 15 is 0 Å². The van der Waals surface area contributed by atoms with Crippen molar-refractivity contribution in [3.8, 4) is 0 Å². The predicted molar refractivity (Wildman–Crippen MR) is 84.6 cm³/mol. The van der Waals surface area contributed by atoms with Gasteiger partial charge in [0.05, 0.1) is 12.8 Å². The molecule has 0 saturated heterocycles. The van der Waals surface area contributed by atoms with Crippen LogP contribution >= 0.6 is 0 Å². The molecule has 3 N–H and O–H groups in total. The maximum atomic E-state index is 12.3. The van der Waals surface area contributed by atoms with Crippen LogP contribution in [0.4, 0.5) is 0 Å². The van der Waals surface area contributed by atoms with Crippen molar-refractivity contribution < 1.29 is 14.7 Å². The number of amides is 2. The van der Waals surface area contributed by atoms with Crippen molar-refractivity contribution in [1.29, 1.82) is 0 Å². The summed E-state index contributed by atoms with van der Waals surface area (Å²) in [5, 5.41) is 14.9. The number of nitrogens with zero attached hydrogens (tertiary/aromatic N) is 2. The van der Waals surface area contributed by atoms with Gasteiger partial charge in [0.25, 0.3) is 5.91 Å². The lowest BCUT2D eigenvalue weighted by Gasteiger charge is -2.24. The smallest absolute Gasteiger partial charge is 0.272 e. The van der Waals surface area contributed by atoms with Crippen LogP contribution < -0.4 is 10.6 Å². The molecule has 1 aromatic rings. The minimum Gasteiger partial charge on any atom is -0.394 e. The molecule has 1 aliphatic rings. The highest BCUT2D eigenvalue weighted by molar-refractivity contribution is 5.95. The van der Waals surface area contributed by atoms with E-state index in [0.29, 0.717) is 0 Å². The molecule has 1 aromatic heterocycles. The van der Waals surface area contributed by atoms with Gasteiger partial charge < -0.3 is 15.7 Å². The molecular weight excluding hydrogens is 296 g/mol. The van der Waals surface area contributed by atoms with Crippen LogP contribution in [-0.2, 0) is 4.79 Å². The molecule has 2 amide bonds. The van der Waals surface area contributed by atoms with Crippen molar-refractivity contribution in [3.05, 3.63) is 24.3 Å². The van der Waals surface area contributed by atoms with Crippen LogP contribution in [0.5, 0.6) is 0 Å². The Morgan fingerprint density at radius 3 is 2.48 bits per heavy atom. The third kappa shape index (κ3) is 5.59. The van der Waals surface area contributed by atoms with Crippen molar-refractivity contribution in [2.24, 2.45) is 0 Å². The highest BCUT2D eigenvalue weighted by atomic mass is 16.3. The lowest BCUT2D eigenvalue weighted by molar-refractivity contribution is -0.124. The predicted octanol–water partition coefficient (Wildman–Crippen LogP) is 0.796. The number of rotatable bonds is 5. The maximum Gasteiger partial charge on any atom is 0.272 e. The second-order valence-corrected chi connectivity index (χ2v) is 5.85. The molecule has 7 heteroatoms. The fourth-order valence-corrected chi connectivity index (χ4v) is 2.74. The Bertz CT molecular complexity index is 501.